The van der Waals surface area contributed by atoms with Crippen molar-refractivity contribution in [2.45, 2.75) is 53.0 Å². The molecule has 2 rings (SSSR count). The van der Waals surface area contributed by atoms with Gasteiger partial charge in [-0.2, -0.15) is 5.10 Å². The van der Waals surface area contributed by atoms with Crippen molar-refractivity contribution >= 4 is 11.5 Å². The molecule has 0 saturated carbocycles. The standard InChI is InChI=1S/C14H24N4O2/c1-10-12(18(19)20)13(16(5)15-10)17-8-6-7-11(17)9-14(2,3)4/h11H,6-9H2,1-5H3/t11-/m1/s1. The third kappa shape index (κ3) is 2.78. The van der Waals surface area contributed by atoms with Gasteiger partial charge in [0.2, 0.25) is 5.82 Å². The lowest BCUT2D eigenvalue weighted by Crippen LogP contribution is -2.34. The van der Waals surface area contributed by atoms with Gasteiger partial charge >= 0.3 is 5.69 Å². The lowest BCUT2D eigenvalue weighted by molar-refractivity contribution is -0.384. The lowest BCUT2D eigenvalue weighted by atomic mass is 9.87. The zero-order chi connectivity index (χ0) is 15.1. The summed E-state index contributed by atoms with van der Waals surface area (Å²) in [6.07, 6.45) is 3.22. The van der Waals surface area contributed by atoms with E-state index in [1.165, 1.54) is 0 Å². The predicted molar refractivity (Wildman–Crippen MR) is 79.0 cm³/mol. The summed E-state index contributed by atoms with van der Waals surface area (Å²) in [5.74, 6) is 0.666. The Morgan fingerprint density at radius 1 is 1.45 bits per heavy atom. The van der Waals surface area contributed by atoms with Crippen molar-refractivity contribution in [3.63, 3.8) is 0 Å². The van der Waals surface area contributed by atoms with E-state index in [4.69, 9.17) is 0 Å². The van der Waals surface area contributed by atoms with E-state index in [-0.39, 0.29) is 16.0 Å². The van der Waals surface area contributed by atoms with Crippen molar-refractivity contribution in [2.24, 2.45) is 12.5 Å². The molecule has 0 amide bonds. The molecule has 1 aromatic heterocycles. The number of aromatic nitrogens is 2. The van der Waals surface area contributed by atoms with Crippen molar-refractivity contribution in [1.82, 2.24) is 9.78 Å². The van der Waals surface area contributed by atoms with Gasteiger partial charge in [-0.1, -0.05) is 20.8 Å². The first-order chi connectivity index (χ1) is 9.20. The molecule has 6 nitrogen and oxygen atoms in total. The Hall–Kier alpha value is -1.59. The summed E-state index contributed by atoms with van der Waals surface area (Å²) in [6, 6.07) is 0.364. The van der Waals surface area contributed by atoms with Gasteiger partial charge in [-0.3, -0.25) is 10.1 Å². The van der Waals surface area contributed by atoms with Gasteiger partial charge in [0.25, 0.3) is 0 Å². The molecular weight excluding hydrogens is 256 g/mol. The Morgan fingerprint density at radius 2 is 2.10 bits per heavy atom. The molecule has 1 aliphatic rings. The summed E-state index contributed by atoms with van der Waals surface area (Å²) >= 11 is 0. The Kier molecular flexibility index (Phi) is 3.75. The summed E-state index contributed by atoms with van der Waals surface area (Å²) in [7, 11) is 1.79. The van der Waals surface area contributed by atoms with Crippen molar-refractivity contribution < 1.29 is 4.92 Å². The minimum absolute atomic E-state index is 0.160. The zero-order valence-corrected chi connectivity index (χ0v) is 13.0. The van der Waals surface area contributed by atoms with Gasteiger partial charge in [-0.15, -0.1) is 0 Å². The van der Waals surface area contributed by atoms with E-state index in [9.17, 15) is 10.1 Å². The third-order valence-electron chi connectivity index (χ3n) is 3.84. The van der Waals surface area contributed by atoms with E-state index < -0.39 is 0 Å². The number of hydrogen-bond acceptors (Lipinski definition) is 4. The average Bonchev–Trinajstić information content (AvgIpc) is 2.80. The largest absolute Gasteiger partial charge is 0.348 e. The Labute approximate surface area is 119 Å². The number of anilines is 1. The summed E-state index contributed by atoms with van der Waals surface area (Å²) in [5, 5.41) is 15.6. The fraction of sp³-hybridized carbons (Fsp3) is 0.786. The minimum Gasteiger partial charge on any atom is -0.348 e. The van der Waals surface area contributed by atoms with Gasteiger partial charge in [0.15, 0.2) is 0 Å². The molecule has 0 radical (unpaired) electrons. The van der Waals surface area contributed by atoms with E-state index in [0.717, 1.165) is 25.8 Å². The summed E-state index contributed by atoms with van der Waals surface area (Å²) in [6.45, 7) is 9.22. The van der Waals surface area contributed by atoms with Crippen LogP contribution in [0.15, 0.2) is 0 Å². The van der Waals surface area contributed by atoms with Crippen LogP contribution in [-0.2, 0) is 7.05 Å². The summed E-state index contributed by atoms with van der Waals surface area (Å²) in [4.78, 5) is 13.2. The first kappa shape index (κ1) is 14.8. The van der Waals surface area contributed by atoms with Crippen LogP contribution in [0.2, 0.25) is 0 Å². The van der Waals surface area contributed by atoms with Crippen LogP contribution in [0.1, 0.15) is 45.7 Å². The molecule has 1 saturated heterocycles. The van der Waals surface area contributed by atoms with E-state index in [1.807, 2.05) is 0 Å². The molecule has 1 fully saturated rings. The summed E-state index contributed by atoms with van der Waals surface area (Å²) in [5.41, 5.74) is 0.873. The van der Waals surface area contributed by atoms with Crippen molar-refractivity contribution in [3.8, 4) is 0 Å². The SMILES string of the molecule is Cc1nn(C)c(N2CCC[C@@H]2CC(C)(C)C)c1[N+](=O)[O-]. The highest BCUT2D eigenvalue weighted by atomic mass is 16.6. The second kappa shape index (κ2) is 5.07. The van der Waals surface area contributed by atoms with Crippen LogP contribution in [-0.4, -0.2) is 27.3 Å². The van der Waals surface area contributed by atoms with Gasteiger partial charge in [-0.25, -0.2) is 4.68 Å². The Balaban J connectivity index is 2.37. The van der Waals surface area contributed by atoms with Crippen molar-refractivity contribution in [2.75, 3.05) is 11.4 Å². The molecule has 0 aromatic carbocycles. The fourth-order valence-electron chi connectivity index (χ4n) is 3.20. The normalized spacial score (nSPS) is 19.6. The molecule has 1 aliphatic heterocycles. The van der Waals surface area contributed by atoms with Gasteiger partial charge in [0, 0.05) is 19.6 Å². The Bertz CT molecular complexity index is 516. The minimum atomic E-state index is -0.301. The molecular formula is C14H24N4O2. The fourth-order valence-corrected chi connectivity index (χ4v) is 3.20. The quantitative estimate of drug-likeness (QED) is 0.630. The van der Waals surface area contributed by atoms with Crippen LogP contribution in [0.3, 0.4) is 0 Å². The average molecular weight is 280 g/mol. The molecule has 1 aromatic rings. The summed E-state index contributed by atoms with van der Waals surface area (Å²) < 4.78 is 1.66. The number of aryl methyl sites for hydroxylation is 2. The number of hydrogen-bond donors (Lipinski definition) is 0. The molecule has 0 N–H and O–H groups in total. The molecule has 6 heteroatoms. The van der Waals surface area contributed by atoms with Gasteiger partial charge in [0.05, 0.1) is 4.92 Å². The molecule has 1 atom stereocenters. The predicted octanol–water partition coefficient (Wildman–Crippen LogP) is 3.04. The second-order valence-corrected chi connectivity index (χ2v) is 6.89. The van der Waals surface area contributed by atoms with Crippen LogP contribution < -0.4 is 4.90 Å². The van der Waals surface area contributed by atoms with Crippen LogP contribution in [0.4, 0.5) is 11.5 Å². The molecule has 20 heavy (non-hydrogen) atoms. The molecule has 0 unspecified atom stereocenters. The number of rotatable bonds is 3. The number of nitro groups is 1. The molecule has 0 aliphatic carbocycles. The molecule has 0 bridgehead atoms. The highest BCUT2D eigenvalue weighted by molar-refractivity contribution is 5.62. The zero-order valence-electron chi connectivity index (χ0n) is 13.0. The highest BCUT2D eigenvalue weighted by Crippen LogP contribution is 2.38. The van der Waals surface area contributed by atoms with Crippen LogP contribution in [0, 0.1) is 22.5 Å². The second-order valence-electron chi connectivity index (χ2n) is 6.89. The van der Waals surface area contributed by atoms with E-state index in [0.29, 0.717) is 17.6 Å². The van der Waals surface area contributed by atoms with Crippen molar-refractivity contribution in [1.29, 1.82) is 0 Å². The van der Waals surface area contributed by atoms with Gasteiger partial charge in [0.1, 0.15) is 5.69 Å². The highest BCUT2D eigenvalue weighted by Gasteiger charge is 2.36. The topological polar surface area (TPSA) is 64.2 Å². The van der Waals surface area contributed by atoms with Crippen molar-refractivity contribution in [3.05, 3.63) is 15.8 Å². The monoisotopic (exact) mass is 280 g/mol. The first-order valence-corrected chi connectivity index (χ1v) is 7.15. The lowest BCUT2D eigenvalue weighted by Gasteiger charge is -2.31. The third-order valence-corrected chi connectivity index (χ3v) is 3.84. The van der Waals surface area contributed by atoms with Crippen LogP contribution >= 0.6 is 0 Å². The van der Waals surface area contributed by atoms with Crippen LogP contribution in [0.25, 0.3) is 0 Å². The maximum atomic E-state index is 11.3. The van der Waals surface area contributed by atoms with Gasteiger partial charge in [-0.05, 0) is 31.6 Å². The Morgan fingerprint density at radius 3 is 2.65 bits per heavy atom. The molecule has 2 heterocycles. The van der Waals surface area contributed by atoms with Gasteiger partial charge < -0.3 is 4.90 Å². The maximum absolute atomic E-state index is 11.3. The molecule has 112 valence electrons. The maximum Gasteiger partial charge on any atom is 0.333 e. The first-order valence-electron chi connectivity index (χ1n) is 7.15. The van der Waals surface area contributed by atoms with Crippen LogP contribution in [0.5, 0.6) is 0 Å². The number of nitrogens with zero attached hydrogens (tertiary/aromatic N) is 4. The molecule has 0 spiro atoms. The van der Waals surface area contributed by atoms with E-state index in [1.54, 1.807) is 18.7 Å². The smallest absolute Gasteiger partial charge is 0.333 e. The van der Waals surface area contributed by atoms with E-state index >= 15 is 0 Å². The van der Waals surface area contributed by atoms with E-state index in [2.05, 4.69) is 30.8 Å².